The first-order valence-electron chi connectivity index (χ1n) is 2.75. The van der Waals surface area contributed by atoms with E-state index in [0.717, 1.165) is 24.1 Å². The quantitative estimate of drug-likeness (QED) is 0.466. The van der Waals surface area contributed by atoms with Gasteiger partial charge in [0.1, 0.15) is 0 Å². The molecule has 1 aliphatic rings. The Bertz CT molecular complexity index is 126. The van der Waals surface area contributed by atoms with Crippen molar-refractivity contribution < 1.29 is 0 Å². The lowest BCUT2D eigenvalue weighted by Crippen LogP contribution is -2.01. The van der Waals surface area contributed by atoms with Crippen molar-refractivity contribution in [3.63, 3.8) is 0 Å². The van der Waals surface area contributed by atoms with Gasteiger partial charge >= 0.3 is 0 Å². The fraction of sp³-hybridized carbons (Fsp3) is 0.286. The summed E-state index contributed by atoms with van der Waals surface area (Å²) in [4.78, 5) is 0. The number of nitrogens with two attached hydrogens (primary N) is 1. The van der Waals surface area contributed by atoms with Gasteiger partial charge in [0.25, 0.3) is 0 Å². The minimum Gasteiger partial charge on any atom is -0.402 e. The van der Waals surface area contributed by atoms with Gasteiger partial charge in [0, 0.05) is 12.1 Å². The molecule has 0 aromatic heterocycles. The molecular weight excluding hydrogens is 98.1 g/mol. The van der Waals surface area contributed by atoms with E-state index in [1.54, 1.807) is 0 Å². The van der Waals surface area contributed by atoms with Crippen LogP contribution in [0.2, 0.25) is 0 Å². The monoisotopic (exact) mass is 108 g/mol. The summed E-state index contributed by atoms with van der Waals surface area (Å²) in [5.41, 5.74) is 7.56. The van der Waals surface area contributed by atoms with Crippen molar-refractivity contribution in [3.05, 3.63) is 30.3 Å². The lowest BCUT2D eigenvalue weighted by molar-refractivity contribution is 1.04. The smallest absolute Gasteiger partial charge is 0.0114 e. The largest absolute Gasteiger partial charge is 0.402 e. The SMILES string of the molecule is [CH2]C1=C(N)CC=CC1. The highest BCUT2D eigenvalue weighted by Gasteiger charge is 1.97. The molecule has 0 amide bonds. The van der Waals surface area contributed by atoms with Gasteiger partial charge in [0.05, 0.1) is 0 Å². The lowest BCUT2D eigenvalue weighted by Gasteiger charge is -2.06. The van der Waals surface area contributed by atoms with Gasteiger partial charge in [0.2, 0.25) is 0 Å². The van der Waals surface area contributed by atoms with Gasteiger partial charge in [-0.05, 0) is 18.9 Å². The Kier molecular flexibility index (Phi) is 1.38. The van der Waals surface area contributed by atoms with Crippen molar-refractivity contribution in [2.24, 2.45) is 5.73 Å². The highest BCUT2D eigenvalue weighted by atomic mass is 14.6. The molecule has 0 bridgehead atoms. The first-order valence-corrected chi connectivity index (χ1v) is 2.75. The molecule has 8 heavy (non-hydrogen) atoms. The second-order valence-electron chi connectivity index (χ2n) is 2.01. The van der Waals surface area contributed by atoms with E-state index < -0.39 is 0 Å². The summed E-state index contributed by atoms with van der Waals surface area (Å²) in [5, 5.41) is 0. The predicted octanol–water partition coefficient (Wildman–Crippen LogP) is 1.38. The molecule has 0 aromatic rings. The highest BCUT2D eigenvalue weighted by molar-refractivity contribution is 5.23. The first kappa shape index (κ1) is 5.42. The molecule has 0 unspecified atom stereocenters. The van der Waals surface area contributed by atoms with Crippen molar-refractivity contribution in [1.29, 1.82) is 0 Å². The molecule has 2 N–H and O–H groups in total. The summed E-state index contributed by atoms with van der Waals surface area (Å²) in [7, 11) is 0. The van der Waals surface area contributed by atoms with Gasteiger partial charge in [-0.25, -0.2) is 0 Å². The molecule has 0 spiro atoms. The minimum absolute atomic E-state index is 0.888. The molecule has 1 radical (unpaired) electrons. The van der Waals surface area contributed by atoms with Gasteiger partial charge in [-0.1, -0.05) is 12.2 Å². The maximum atomic E-state index is 5.54. The van der Waals surface area contributed by atoms with E-state index in [0.29, 0.717) is 0 Å². The molecule has 0 heterocycles. The summed E-state index contributed by atoms with van der Waals surface area (Å²) >= 11 is 0. The normalized spacial score (nSPS) is 19.6. The van der Waals surface area contributed by atoms with E-state index in [1.165, 1.54) is 0 Å². The number of rotatable bonds is 0. The Balaban J connectivity index is 2.67. The van der Waals surface area contributed by atoms with E-state index in [4.69, 9.17) is 5.73 Å². The first-order chi connectivity index (χ1) is 3.80. The third-order valence-corrected chi connectivity index (χ3v) is 1.32. The third kappa shape index (κ3) is 0.915. The second kappa shape index (κ2) is 2.03. The van der Waals surface area contributed by atoms with Crippen LogP contribution in [0.15, 0.2) is 23.4 Å². The molecule has 1 aliphatic carbocycles. The van der Waals surface area contributed by atoms with E-state index in [9.17, 15) is 0 Å². The van der Waals surface area contributed by atoms with Gasteiger partial charge in [0.15, 0.2) is 0 Å². The van der Waals surface area contributed by atoms with Crippen LogP contribution in [0.4, 0.5) is 0 Å². The Hall–Kier alpha value is -0.720. The topological polar surface area (TPSA) is 26.0 Å². The van der Waals surface area contributed by atoms with Crippen LogP contribution in [0, 0.1) is 6.92 Å². The number of hydrogen-bond acceptors (Lipinski definition) is 1. The van der Waals surface area contributed by atoms with Gasteiger partial charge in [-0.2, -0.15) is 0 Å². The summed E-state index contributed by atoms with van der Waals surface area (Å²) in [6.45, 7) is 3.78. The molecular formula is C7H10N. The van der Waals surface area contributed by atoms with Crippen LogP contribution in [0.3, 0.4) is 0 Å². The second-order valence-corrected chi connectivity index (χ2v) is 2.01. The van der Waals surface area contributed by atoms with Gasteiger partial charge in [-0.15, -0.1) is 0 Å². The lowest BCUT2D eigenvalue weighted by atomic mass is 10.1. The van der Waals surface area contributed by atoms with E-state index in [-0.39, 0.29) is 0 Å². The summed E-state index contributed by atoms with van der Waals surface area (Å²) in [5.74, 6) is 0. The van der Waals surface area contributed by atoms with Crippen molar-refractivity contribution in [1.82, 2.24) is 0 Å². The van der Waals surface area contributed by atoms with Crippen LogP contribution in [0.25, 0.3) is 0 Å². The van der Waals surface area contributed by atoms with E-state index >= 15 is 0 Å². The van der Waals surface area contributed by atoms with Crippen molar-refractivity contribution in [2.75, 3.05) is 0 Å². The maximum Gasteiger partial charge on any atom is 0.0114 e. The summed E-state index contributed by atoms with van der Waals surface area (Å²) < 4.78 is 0. The molecule has 1 heteroatoms. The van der Waals surface area contributed by atoms with Crippen LogP contribution in [-0.2, 0) is 0 Å². The minimum atomic E-state index is 0.888. The molecule has 0 fully saturated rings. The van der Waals surface area contributed by atoms with Crippen LogP contribution < -0.4 is 5.73 Å². The van der Waals surface area contributed by atoms with Crippen molar-refractivity contribution in [3.8, 4) is 0 Å². The Morgan fingerprint density at radius 2 is 2.00 bits per heavy atom. The molecule has 0 aliphatic heterocycles. The van der Waals surface area contributed by atoms with Crippen LogP contribution in [0.1, 0.15) is 12.8 Å². The van der Waals surface area contributed by atoms with Gasteiger partial charge < -0.3 is 5.73 Å². The fourth-order valence-electron chi connectivity index (χ4n) is 0.711. The van der Waals surface area contributed by atoms with Gasteiger partial charge in [-0.3, -0.25) is 0 Å². The van der Waals surface area contributed by atoms with Crippen molar-refractivity contribution in [2.45, 2.75) is 12.8 Å². The molecule has 0 atom stereocenters. The standard InChI is InChI=1S/C7H10N/c1-6-4-2-3-5-7(6)8/h2-3H,1,4-5,8H2. The zero-order valence-corrected chi connectivity index (χ0v) is 4.85. The molecule has 1 nitrogen and oxygen atoms in total. The average Bonchev–Trinajstić information content (AvgIpc) is 1.77. The molecule has 43 valence electrons. The molecule has 0 saturated carbocycles. The Morgan fingerprint density at radius 3 is 2.38 bits per heavy atom. The summed E-state index contributed by atoms with van der Waals surface area (Å²) in [6, 6.07) is 0. The zero-order valence-electron chi connectivity index (χ0n) is 4.85. The van der Waals surface area contributed by atoms with E-state index in [2.05, 4.69) is 19.1 Å². The average molecular weight is 108 g/mol. The number of allylic oxidation sites excluding steroid dienone is 3. The van der Waals surface area contributed by atoms with Crippen LogP contribution >= 0.6 is 0 Å². The summed E-state index contributed by atoms with van der Waals surface area (Å²) in [6.07, 6.45) is 5.99. The maximum absolute atomic E-state index is 5.54. The van der Waals surface area contributed by atoms with Crippen LogP contribution in [-0.4, -0.2) is 0 Å². The molecule has 0 saturated heterocycles. The highest BCUT2D eigenvalue weighted by Crippen LogP contribution is 2.12. The Labute approximate surface area is 49.9 Å². The third-order valence-electron chi connectivity index (χ3n) is 1.32. The molecule has 0 aromatic carbocycles. The fourth-order valence-corrected chi connectivity index (χ4v) is 0.711. The van der Waals surface area contributed by atoms with Crippen LogP contribution in [0.5, 0.6) is 0 Å². The molecule has 1 rings (SSSR count). The van der Waals surface area contributed by atoms with Crippen molar-refractivity contribution >= 4 is 0 Å². The van der Waals surface area contributed by atoms with E-state index in [1.807, 2.05) is 0 Å². The number of hydrogen-bond donors (Lipinski definition) is 1. The Morgan fingerprint density at radius 1 is 1.38 bits per heavy atom. The zero-order chi connectivity index (χ0) is 5.98. The predicted molar refractivity (Wildman–Crippen MR) is 34.9 cm³/mol.